The molecule has 122 valence electrons. The molecule has 1 amide bonds. The van der Waals surface area contributed by atoms with Gasteiger partial charge in [0.25, 0.3) is 0 Å². The molecule has 0 atom stereocenters. The lowest BCUT2D eigenvalue weighted by Gasteiger charge is -2.32. The van der Waals surface area contributed by atoms with Crippen LogP contribution in [0.1, 0.15) is 39.3 Å². The molecule has 7 heteroatoms. The molecule has 2 heterocycles. The van der Waals surface area contributed by atoms with Crippen LogP contribution in [0.2, 0.25) is 5.28 Å². The number of hydrogen-bond acceptors (Lipinski definition) is 5. The predicted octanol–water partition coefficient (Wildman–Crippen LogP) is 2.62. The highest BCUT2D eigenvalue weighted by Crippen LogP contribution is 2.14. The molecule has 1 saturated heterocycles. The van der Waals surface area contributed by atoms with Gasteiger partial charge in [0, 0.05) is 31.9 Å². The van der Waals surface area contributed by atoms with E-state index in [0.29, 0.717) is 0 Å². The minimum atomic E-state index is -0.461. The lowest BCUT2D eigenvalue weighted by molar-refractivity contribution is 0.0477. The number of carbonyl (C=O) groups excluding carboxylic acids is 1. The van der Waals surface area contributed by atoms with Crippen LogP contribution >= 0.6 is 11.6 Å². The third-order valence-electron chi connectivity index (χ3n) is 3.38. The maximum absolute atomic E-state index is 11.8. The molecule has 1 aliphatic heterocycles. The molecule has 0 spiro atoms. The van der Waals surface area contributed by atoms with Gasteiger partial charge in [0.05, 0.1) is 5.69 Å². The largest absolute Gasteiger partial charge is 0.444 e. The van der Waals surface area contributed by atoms with E-state index in [-0.39, 0.29) is 17.4 Å². The topological polar surface area (TPSA) is 67.3 Å². The van der Waals surface area contributed by atoms with Gasteiger partial charge in [-0.25, -0.2) is 14.8 Å². The van der Waals surface area contributed by atoms with Crippen LogP contribution in [0.5, 0.6) is 0 Å². The monoisotopic (exact) mass is 326 g/mol. The van der Waals surface area contributed by atoms with Crippen molar-refractivity contribution in [3.63, 3.8) is 0 Å². The van der Waals surface area contributed by atoms with Crippen LogP contribution in [0, 0.1) is 0 Å². The van der Waals surface area contributed by atoms with E-state index in [9.17, 15) is 4.79 Å². The van der Waals surface area contributed by atoms with Crippen LogP contribution in [0.15, 0.2) is 12.3 Å². The van der Waals surface area contributed by atoms with Crippen LogP contribution in [0.25, 0.3) is 0 Å². The van der Waals surface area contributed by atoms with Gasteiger partial charge < -0.3 is 10.1 Å². The second-order valence-corrected chi connectivity index (χ2v) is 6.85. The van der Waals surface area contributed by atoms with Gasteiger partial charge in [-0.1, -0.05) is 0 Å². The molecule has 1 fully saturated rings. The van der Waals surface area contributed by atoms with Gasteiger partial charge in [-0.15, -0.1) is 0 Å². The summed E-state index contributed by atoms with van der Waals surface area (Å²) in [6, 6.07) is 2.04. The summed E-state index contributed by atoms with van der Waals surface area (Å²) in [5.41, 5.74) is 0.454. The van der Waals surface area contributed by atoms with Crippen molar-refractivity contribution < 1.29 is 9.53 Å². The molecular weight excluding hydrogens is 304 g/mol. The fraction of sp³-hybridized carbons (Fsp3) is 0.667. The smallest absolute Gasteiger partial charge is 0.407 e. The maximum Gasteiger partial charge on any atom is 0.407 e. The molecule has 0 radical (unpaired) electrons. The molecule has 0 unspecified atom stereocenters. The van der Waals surface area contributed by atoms with Gasteiger partial charge in [-0.05, 0) is 51.3 Å². The van der Waals surface area contributed by atoms with Crippen molar-refractivity contribution in [3.05, 3.63) is 23.2 Å². The average Bonchev–Trinajstić information content (AvgIpc) is 2.39. The second-order valence-electron chi connectivity index (χ2n) is 6.51. The number of likely N-dealkylation sites (tertiary alicyclic amines) is 1. The zero-order chi connectivity index (χ0) is 16.2. The number of rotatable bonds is 3. The number of alkyl carbamates (subject to hydrolysis) is 1. The molecule has 1 aliphatic rings. The Kier molecular flexibility index (Phi) is 5.58. The van der Waals surface area contributed by atoms with Gasteiger partial charge in [-0.3, -0.25) is 4.90 Å². The summed E-state index contributed by atoms with van der Waals surface area (Å²) < 4.78 is 5.28. The van der Waals surface area contributed by atoms with Crippen LogP contribution in [0.3, 0.4) is 0 Å². The number of nitrogens with one attached hydrogen (secondary N) is 1. The molecular formula is C15H23ClN4O2. The highest BCUT2D eigenvalue weighted by molar-refractivity contribution is 6.28. The van der Waals surface area contributed by atoms with Crippen molar-refractivity contribution in [1.82, 2.24) is 20.2 Å². The Morgan fingerprint density at radius 3 is 2.73 bits per heavy atom. The van der Waals surface area contributed by atoms with Crippen LogP contribution in [-0.2, 0) is 11.3 Å². The Morgan fingerprint density at radius 2 is 2.14 bits per heavy atom. The lowest BCUT2D eigenvalue weighted by Crippen LogP contribution is -2.45. The molecule has 1 N–H and O–H groups in total. The lowest BCUT2D eigenvalue weighted by atomic mass is 10.1. The van der Waals surface area contributed by atoms with Gasteiger partial charge >= 0.3 is 6.09 Å². The van der Waals surface area contributed by atoms with E-state index in [1.165, 1.54) is 0 Å². The van der Waals surface area contributed by atoms with E-state index in [1.54, 1.807) is 6.20 Å². The Balaban J connectivity index is 1.75. The summed E-state index contributed by atoms with van der Waals surface area (Å²) >= 11 is 5.79. The van der Waals surface area contributed by atoms with Gasteiger partial charge in [0.1, 0.15) is 5.60 Å². The number of carbonyl (C=O) groups is 1. The first-order chi connectivity index (χ1) is 10.3. The Bertz CT molecular complexity index is 511. The number of amides is 1. The summed E-state index contributed by atoms with van der Waals surface area (Å²) in [5, 5.41) is 3.21. The van der Waals surface area contributed by atoms with E-state index in [0.717, 1.165) is 38.2 Å². The third kappa shape index (κ3) is 5.77. The number of aromatic nitrogens is 2. The average molecular weight is 327 g/mol. The molecule has 0 saturated carbocycles. The van der Waals surface area contributed by atoms with E-state index in [4.69, 9.17) is 16.3 Å². The molecule has 0 aromatic carbocycles. The van der Waals surface area contributed by atoms with Crippen LogP contribution in [0.4, 0.5) is 4.79 Å². The van der Waals surface area contributed by atoms with Crippen molar-refractivity contribution in [2.24, 2.45) is 0 Å². The number of ether oxygens (including phenoxy) is 1. The van der Waals surface area contributed by atoms with E-state index in [1.807, 2.05) is 26.8 Å². The van der Waals surface area contributed by atoms with E-state index >= 15 is 0 Å². The van der Waals surface area contributed by atoms with Crippen molar-refractivity contribution >= 4 is 17.7 Å². The summed E-state index contributed by atoms with van der Waals surface area (Å²) in [4.78, 5) is 22.1. The Morgan fingerprint density at radius 1 is 1.45 bits per heavy atom. The third-order valence-corrected chi connectivity index (χ3v) is 3.56. The molecule has 2 rings (SSSR count). The van der Waals surface area contributed by atoms with E-state index < -0.39 is 5.60 Å². The van der Waals surface area contributed by atoms with Crippen molar-refractivity contribution in [1.29, 1.82) is 0 Å². The SMILES string of the molecule is CC(C)(C)OC(=O)NC1CCN(Cc2ccnc(Cl)n2)CC1. The minimum absolute atomic E-state index is 0.167. The molecule has 1 aromatic rings. The van der Waals surface area contributed by atoms with Crippen LogP contribution < -0.4 is 5.32 Å². The molecule has 6 nitrogen and oxygen atoms in total. The van der Waals surface area contributed by atoms with Gasteiger partial charge in [0.15, 0.2) is 0 Å². The minimum Gasteiger partial charge on any atom is -0.444 e. The number of halogens is 1. The normalized spacial score (nSPS) is 17.3. The van der Waals surface area contributed by atoms with Crippen molar-refractivity contribution in [3.8, 4) is 0 Å². The van der Waals surface area contributed by atoms with E-state index in [2.05, 4.69) is 20.2 Å². The number of hydrogen-bond donors (Lipinski definition) is 1. The highest BCUT2D eigenvalue weighted by Gasteiger charge is 2.23. The zero-order valence-corrected chi connectivity index (χ0v) is 14.1. The second kappa shape index (κ2) is 7.24. The fourth-order valence-electron chi connectivity index (χ4n) is 2.40. The summed E-state index contributed by atoms with van der Waals surface area (Å²) in [6.45, 7) is 8.15. The quantitative estimate of drug-likeness (QED) is 0.865. The first-order valence-corrected chi connectivity index (χ1v) is 7.89. The van der Waals surface area contributed by atoms with Crippen LogP contribution in [-0.4, -0.2) is 45.7 Å². The molecule has 1 aromatic heterocycles. The Hall–Kier alpha value is -1.40. The summed E-state index contributed by atoms with van der Waals surface area (Å²) in [6.07, 6.45) is 3.13. The zero-order valence-electron chi connectivity index (χ0n) is 13.3. The highest BCUT2D eigenvalue weighted by atomic mass is 35.5. The van der Waals surface area contributed by atoms with Crippen molar-refractivity contribution in [2.45, 2.75) is 51.8 Å². The fourth-order valence-corrected chi connectivity index (χ4v) is 2.56. The predicted molar refractivity (Wildman–Crippen MR) is 84.7 cm³/mol. The molecule has 0 aliphatic carbocycles. The maximum atomic E-state index is 11.8. The summed E-state index contributed by atoms with van der Waals surface area (Å²) in [7, 11) is 0. The first kappa shape index (κ1) is 17.0. The van der Waals surface area contributed by atoms with Gasteiger partial charge in [-0.2, -0.15) is 0 Å². The summed E-state index contributed by atoms with van der Waals surface area (Å²) in [5.74, 6) is 0. The van der Waals surface area contributed by atoms with Gasteiger partial charge in [0.2, 0.25) is 5.28 Å². The first-order valence-electron chi connectivity index (χ1n) is 7.51. The Labute approximate surface area is 136 Å². The molecule has 22 heavy (non-hydrogen) atoms. The van der Waals surface area contributed by atoms with Crippen molar-refractivity contribution in [2.75, 3.05) is 13.1 Å². The number of nitrogens with zero attached hydrogens (tertiary/aromatic N) is 3. The molecule has 0 bridgehead atoms. The standard InChI is InChI=1S/C15H23ClN4O2/c1-15(2,3)22-14(21)19-11-5-8-20(9-6-11)10-12-4-7-17-13(16)18-12/h4,7,11H,5-6,8-10H2,1-3H3,(H,19,21). The number of piperidine rings is 1.